The summed E-state index contributed by atoms with van der Waals surface area (Å²) in [5, 5.41) is 0. The van der Waals surface area contributed by atoms with Crippen LogP contribution >= 0.6 is 0 Å². The van der Waals surface area contributed by atoms with Crippen LogP contribution in [0.1, 0.15) is 25.0 Å². The number of nitrogens with zero attached hydrogens (tertiary/aromatic N) is 3. The van der Waals surface area contributed by atoms with E-state index in [1.807, 2.05) is 19.9 Å². The van der Waals surface area contributed by atoms with E-state index in [1.165, 1.54) is 0 Å². The Bertz CT molecular complexity index is 661. The van der Waals surface area contributed by atoms with E-state index >= 15 is 0 Å². The second kappa shape index (κ2) is 7.52. The largest absolute Gasteiger partial charge is 0.308 e. The molecule has 0 aromatic heterocycles. The average Bonchev–Trinajstić information content (AvgIpc) is 2.48. The van der Waals surface area contributed by atoms with Gasteiger partial charge in [-0.3, -0.25) is 4.90 Å². The normalized spacial score (nSPS) is 23.8. The maximum Gasteiger partial charge on any atom is 0.243 e. The summed E-state index contributed by atoms with van der Waals surface area (Å²) in [7, 11) is 0.705. The molecule has 1 aliphatic rings. The van der Waals surface area contributed by atoms with Crippen LogP contribution in [0.4, 0.5) is 0 Å². The Labute approximate surface area is 147 Å². The summed E-state index contributed by atoms with van der Waals surface area (Å²) in [5.41, 5.74) is 2.13. The van der Waals surface area contributed by atoms with Gasteiger partial charge in [-0.05, 0) is 65.0 Å². The van der Waals surface area contributed by atoms with Crippen molar-refractivity contribution in [1.29, 1.82) is 0 Å². The van der Waals surface area contributed by atoms with Crippen molar-refractivity contribution >= 4 is 10.0 Å². The van der Waals surface area contributed by atoms with Gasteiger partial charge in [-0.2, -0.15) is 4.31 Å². The number of piperazine rings is 1. The fraction of sp³-hybridized carbons (Fsp3) is 0.667. The first-order valence-electron chi connectivity index (χ1n) is 8.60. The third-order valence-electron chi connectivity index (χ3n) is 4.99. The topological polar surface area (TPSA) is 43.9 Å². The van der Waals surface area contributed by atoms with E-state index in [9.17, 15) is 8.42 Å². The highest BCUT2D eigenvalue weighted by molar-refractivity contribution is 7.89. The van der Waals surface area contributed by atoms with E-state index in [2.05, 4.69) is 37.7 Å². The van der Waals surface area contributed by atoms with Crippen molar-refractivity contribution in [2.45, 2.75) is 44.7 Å². The molecule has 24 heavy (non-hydrogen) atoms. The highest BCUT2D eigenvalue weighted by Crippen LogP contribution is 2.24. The van der Waals surface area contributed by atoms with Crippen LogP contribution in [0.25, 0.3) is 0 Å². The second-order valence-corrected chi connectivity index (χ2v) is 9.25. The number of hydrogen-bond acceptors (Lipinski definition) is 4. The van der Waals surface area contributed by atoms with Crippen molar-refractivity contribution in [2.75, 3.05) is 40.3 Å². The lowest BCUT2D eigenvalue weighted by Crippen LogP contribution is -2.58. The zero-order valence-corrected chi connectivity index (χ0v) is 16.6. The summed E-state index contributed by atoms with van der Waals surface area (Å²) in [6.07, 6.45) is 0. The lowest BCUT2D eigenvalue weighted by Gasteiger charge is -2.44. The highest BCUT2D eigenvalue weighted by Gasteiger charge is 2.35. The summed E-state index contributed by atoms with van der Waals surface area (Å²) >= 11 is 0. The second-order valence-electron chi connectivity index (χ2n) is 7.31. The Morgan fingerprint density at radius 2 is 1.67 bits per heavy atom. The van der Waals surface area contributed by atoms with Crippen molar-refractivity contribution in [1.82, 2.24) is 14.1 Å². The molecular weight excluding hydrogens is 322 g/mol. The maximum absolute atomic E-state index is 13.0. The van der Waals surface area contributed by atoms with Gasteiger partial charge in [0, 0.05) is 38.3 Å². The molecule has 1 aliphatic heterocycles. The van der Waals surface area contributed by atoms with E-state index in [0.29, 0.717) is 18.0 Å². The molecule has 0 radical (unpaired) electrons. The molecule has 0 aliphatic carbocycles. The highest BCUT2D eigenvalue weighted by atomic mass is 32.2. The summed E-state index contributed by atoms with van der Waals surface area (Å²) in [6.45, 7) is 11.2. The Kier molecular flexibility index (Phi) is 6.07. The summed E-state index contributed by atoms with van der Waals surface area (Å²) < 4.78 is 27.7. The van der Waals surface area contributed by atoms with E-state index in [4.69, 9.17) is 0 Å². The van der Waals surface area contributed by atoms with Crippen LogP contribution in [-0.4, -0.2) is 74.9 Å². The molecule has 2 rings (SSSR count). The summed E-state index contributed by atoms with van der Waals surface area (Å²) in [4.78, 5) is 4.98. The number of aryl methyl sites for hydroxylation is 2. The summed E-state index contributed by atoms with van der Waals surface area (Å²) in [5.74, 6) is 0. The minimum atomic E-state index is -3.43. The van der Waals surface area contributed by atoms with Gasteiger partial charge in [-0.25, -0.2) is 8.42 Å². The maximum atomic E-state index is 13.0. The molecule has 1 aromatic rings. The van der Waals surface area contributed by atoms with Gasteiger partial charge in [0.15, 0.2) is 0 Å². The van der Waals surface area contributed by atoms with E-state index < -0.39 is 10.0 Å². The molecule has 5 nitrogen and oxygen atoms in total. The molecule has 6 heteroatoms. The van der Waals surface area contributed by atoms with Gasteiger partial charge in [0.2, 0.25) is 10.0 Å². The zero-order chi connectivity index (χ0) is 18.1. The predicted octanol–water partition coefficient (Wildman–Crippen LogP) is 1.95. The Balaban J connectivity index is 2.17. The first kappa shape index (κ1) is 19.4. The number of benzene rings is 1. The number of likely N-dealkylation sites (N-methyl/N-ethyl adjacent to an activating group) is 1. The van der Waals surface area contributed by atoms with Crippen molar-refractivity contribution in [3.8, 4) is 0 Å². The average molecular weight is 354 g/mol. The molecule has 0 bridgehead atoms. The number of sulfonamides is 1. The third kappa shape index (κ3) is 4.17. The molecule has 1 fully saturated rings. The molecule has 2 unspecified atom stereocenters. The van der Waals surface area contributed by atoms with Crippen LogP contribution in [0.3, 0.4) is 0 Å². The minimum absolute atomic E-state index is 0.218. The van der Waals surface area contributed by atoms with Gasteiger partial charge in [0.1, 0.15) is 0 Å². The van der Waals surface area contributed by atoms with E-state index in [-0.39, 0.29) is 12.1 Å². The molecule has 136 valence electrons. The molecule has 0 spiro atoms. The van der Waals surface area contributed by atoms with E-state index in [0.717, 1.165) is 24.2 Å². The summed E-state index contributed by atoms with van der Waals surface area (Å²) in [6, 6.07) is 5.84. The molecule has 0 saturated carbocycles. The van der Waals surface area contributed by atoms with Gasteiger partial charge in [0.25, 0.3) is 0 Å². The lowest BCUT2D eigenvalue weighted by molar-refractivity contribution is 0.0708. The lowest BCUT2D eigenvalue weighted by atomic mass is 10.1. The first-order chi connectivity index (χ1) is 11.1. The SMILES string of the molecule is Cc1ccc(S(=O)(=O)N2CC(C)N(CCN(C)C)C(C)C2)cc1C. The van der Waals surface area contributed by atoms with Crippen LogP contribution in [0.15, 0.2) is 23.1 Å². The van der Waals surface area contributed by atoms with Crippen molar-refractivity contribution in [3.63, 3.8) is 0 Å². The fourth-order valence-corrected chi connectivity index (χ4v) is 4.97. The monoisotopic (exact) mass is 353 g/mol. The van der Waals surface area contributed by atoms with Crippen molar-refractivity contribution < 1.29 is 8.42 Å². The van der Waals surface area contributed by atoms with Gasteiger partial charge < -0.3 is 4.90 Å². The van der Waals surface area contributed by atoms with Crippen LogP contribution in [-0.2, 0) is 10.0 Å². The predicted molar refractivity (Wildman–Crippen MR) is 98.9 cm³/mol. The van der Waals surface area contributed by atoms with E-state index in [1.54, 1.807) is 16.4 Å². The number of rotatable bonds is 5. The quantitative estimate of drug-likeness (QED) is 0.812. The Morgan fingerprint density at radius 3 is 2.17 bits per heavy atom. The van der Waals surface area contributed by atoms with Crippen molar-refractivity contribution in [2.24, 2.45) is 0 Å². The van der Waals surface area contributed by atoms with Gasteiger partial charge >= 0.3 is 0 Å². The fourth-order valence-electron chi connectivity index (χ4n) is 3.28. The van der Waals surface area contributed by atoms with Crippen LogP contribution < -0.4 is 0 Å². The Morgan fingerprint density at radius 1 is 1.08 bits per heavy atom. The standard InChI is InChI=1S/C18H31N3O2S/c1-14-7-8-18(11-15(14)2)24(22,23)20-12-16(3)21(17(4)13-20)10-9-19(5)6/h7-8,11,16-17H,9-10,12-13H2,1-6H3. The molecular formula is C18H31N3O2S. The zero-order valence-electron chi connectivity index (χ0n) is 15.8. The van der Waals surface area contributed by atoms with Crippen LogP contribution in [0.5, 0.6) is 0 Å². The van der Waals surface area contributed by atoms with Gasteiger partial charge in [0.05, 0.1) is 4.90 Å². The number of hydrogen-bond donors (Lipinski definition) is 0. The van der Waals surface area contributed by atoms with Gasteiger partial charge in [-0.1, -0.05) is 6.07 Å². The molecule has 0 amide bonds. The van der Waals surface area contributed by atoms with Crippen molar-refractivity contribution in [3.05, 3.63) is 29.3 Å². The molecule has 2 atom stereocenters. The molecule has 0 N–H and O–H groups in total. The molecule has 1 saturated heterocycles. The van der Waals surface area contributed by atoms with Gasteiger partial charge in [-0.15, -0.1) is 0 Å². The molecule has 1 heterocycles. The molecule has 1 aromatic carbocycles. The van der Waals surface area contributed by atoms with Crippen LogP contribution in [0, 0.1) is 13.8 Å². The first-order valence-corrected chi connectivity index (χ1v) is 10.0. The smallest absolute Gasteiger partial charge is 0.243 e. The third-order valence-corrected chi connectivity index (χ3v) is 6.82. The minimum Gasteiger partial charge on any atom is -0.308 e. The van der Waals surface area contributed by atoms with Crippen LogP contribution in [0.2, 0.25) is 0 Å². The Hall–Kier alpha value is -0.950.